The molecule has 5 rings (SSSR count). The van der Waals surface area contributed by atoms with Gasteiger partial charge in [-0.3, -0.25) is 14.4 Å². The van der Waals surface area contributed by atoms with Crippen molar-refractivity contribution in [1.29, 1.82) is 0 Å². The van der Waals surface area contributed by atoms with Crippen molar-refractivity contribution in [3.8, 4) is 11.5 Å². The predicted octanol–water partition coefficient (Wildman–Crippen LogP) is 1.46. The van der Waals surface area contributed by atoms with E-state index in [1.54, 1.807) is 23.1 Å². The highest BCUT2D eigenvalue weighted by atomic mass is 16.5. The second-order valence-corrected chi connectivity index (χ2v) is 8.65. The fourth-order valence-electron chi connectivity index (χ4n) is 5.16. The Kier molecular flexibility index (Phi) is 5.88. The molecule has 2 saturated heterocycles. The number of rotatable bonds is 7. The van der Waals surface area contributed by atoms with Crippen LogP contribution in [-0.2, 0) is 19.1 Å². The smallest absolute Gasteiger partial charge is 0.260 e. The zero-order valence-corrected chi connectivity index (χ0v) is 18.5. The summed E-state index contributed by atoms with van der Waals surface area (Å²) >= 11 is 0. The zero-order chi connectivity index (χ0) is 22.9. The molecule has 9 nitrogen and oxygen atoms in total. The second kappa shape index (κ2) is 8.97. The van der Waals surface area contributed by atoms with Crippen molar-refractivity contribution >= 4 is 23.9 Å². The minimum Gasteiger partial charge on any atom is -0.490 e. The second-order valence-electron chi connectivity index (χ2n) is 8.65. The molecule has 0 aromatic heterocycles. The summed E-state index contributed by atoms with van der Waals surface area (Å²) in [5.74, 6) is 0.124. The molecule has 3 fully saturated rings. The standard InChI is InChI=1S/C24H27N3O6/c1-2-32-19-11-15(3-6-18(19)33-14-20(28)26-7-9-31-10-8-26)13-25-27-23(29)21-16-4-5-17(12-16)22(21)24(27)30/h3-6,11,13,16-17,21-22H,2,7-10,12,14H2,1H3. The van der Waals surface area contributed by atoms with Crippen LogP contribution in [0.4, 0.5) is 0 Å². The first-order valence-corrected chi connectivity index (χ1v) is 11.4. The van der Waals surface area contributed by atoms with E-state index in [4.69, 9.17) is 14.2 Å². The number of allylic oxidation sites excluding steroid dienone is 2. The summed E-state index contributed by atoms with van der Waals surface area (Å²) < 4.78 is 16.7. The quantitative estimate of drug-likeness (QED) is 0.352. The van der Waals surface area contributed by atoms with Gasteiger partial charge in [-0.25, -0.2) is 0 Å². The SMILES string of the molecule is CCOc1cc(C=NN2C(=O)C3C4C=CC(C4)C3C2=O)ccc1OCC(=O)N1CCOCC1. The first-order valence-electron chi connectivity index (χ1n) is 11.4. The molecule has 2 aliphatic carbocycles. The molecule has 1 aromatic carbocycles. The number of carbonyl (C=O) groups is 3. The lowest BCUT2D eigenvalue weighted by molar-refractivity contribution is -0.140. The highest BCUT2D eigenvalue weighted by Gasteiger charge is 2.59. The molecule has 33 heavy (non-hydrogen) atoms. The lowest BCUT2D eigenvalue weighted by atomic mass is 9.85. The normalized spacial score (nSPS) is 28.2. The highest BCUT2D eigenvalue weighted by molar-refractivity contribution is 6.06. The third-order valence-electron chi connectivity index (χ3n) is 6.75. The fraction of sp³-hybridized carbons (Fsp3) is 0.500. The van der Waals surface area contributed by atoms with Crippen molar-refractivity contribution in [2.75, 3.05) is 39.5 Å². The maximum atomic E-state index is 12.8. The van der Waals surface area contributed by atoms with Crippen molar-refractivity contribution in [1.82, 2.24) is 9.91 Å². The molecule has 2 heterocycles. The summed E-state index contributed by atoms with van der Waals surface area (Å²) in [4.78, 5) is 39.6. The van der Waals surface area contributed by atoms with Crippen LogP contribution in [0.1, 0.15) is 18.9 Å². The molecule has 0 radical (unpaired) electrons. The van der Waals surface area contributed by atoms with E-state index in [1.807, 2.05) is 6.92 Å². The number of hydrogen-bond acceptors (Lipinski definition) is 7. The van der Waals surface area contributed by atoms with Gasteiger partial charge < -0.3 is 19.1 Å². The summed E-state index contributed by atoms with van der Waals surface area (Å²) in [6, 6.07) is 5.17. The lowest BCUT2D eigenvalue weighted by Crippen LogP contribution is -2.43. The van der Waals surface area contributed by atoms with Crippen LogP contribution in [0.15, 0.2) is 35.5 Å². The Hall–Kier alpha value is -3.20. The van der Waals surface area contributed by atoms with Crippen LogP contribution >= 0.6 is 0 Å². The molecule has 4 unspecified atom stereocenters. The summed E-state index contributed by atoms with van der Waals surface area (Å²) in [5.41, 5.74) is 0.657. The number of hydrazone groups is 1. The third-order valence-corrected chi connectivity index (χ3v) is 6.75. The van der Waals surface area contributed by atoms with Gasteiger partial charge in [0.1, 0.15) is 0 Å². The minimum absolute atomic E-state index is 0.0938. The van der Waals surface area contributed by atoms with E-state index in [1.165, 1.54) is 6.21 Å². The van der Waals surface area contributed by atoms with Crippen molar-refractivity contribution in [2.24, 2.45) is 28.8 Å². The number of carbonyl (C=O) groups excluding carboxylic acids is 3. The molecule has 4 atom stereocenters. The average molecular weight is 453 g/mol. The van der Waals surface area contributed by atoms with E-state index in [9.17, 15) is 14.4 Å². The van der Waals surface area contributed by atoms with Crippen molar-refractivity contribution in [3.63, 3.8) is 0 Å². The molecule has 2 bridgehead atoms. The molecule has 1 aromatic rings. The van der Waals surface area contributed by atoms with Gasteiger partial charge in [-0.15, -0.1) is 0 Å². The zero-order valence-electron chi connectivity index (χ0n) is 18.5. The molecular formula is C24H27N3O6. The van der Waals surface area contributed by atoms with Crippen LogP contribution in [0, 0.1) is 23.7 Å². The minimum atomic E-state index is -0.275. The van der Waals surface area contributed by atoms with Crippen LogP contribution in [0.2, 0.25) is 0 Å². The van der Waals surface area contributed by atoms with E-state index < -0.39 is 0 Å². The molecule has 0 N–H and O–H groups in total. The number of hydrogen-bond donors (Lipinski definition) is 0. The molecule has 4 aliphatic rings. The van der Waals surface area contributed by atoms with Crippen molar-refractivity contribution in [3.05, 3.63) is 35.9 Å². The van der Waals surface area contributed by atoms with Gasteiger partial charge in [0, 0.05) is 13.1 Å². The van der Waals surface area contributed by atoms with Crippen LogP contribution in [0.5, 0.6) is 11.5 Å². The third kappa shape index (κ3) is 4.01. The molecule has 0 spiro atoms. The van der Waals surface area contributed by atoms with E-state index in [0.29, 0.717) is 50.0 Å². The Balaban J connectivity index is 1.26. The molecular weight excluding hydrogens is 426 g/mol. The maximum Gasteiger partial charge on any atom is 0.260 e. The average Bonchev–Trinajstić information content (AvgIpc) is 3.52. The molecule has 174 valence electrons. The summed E-state index contributed by atoms with van der Waals surface area (Å²) in [6.07, 6.45) is 6.48. The number of benzene rings is 1. The molecule has 1 saturated carbocycles. The summed E-state index contributed by atoms with van der Waals surface area (Å²) in [6.45, 7) is 4.36. The van der Waals surface area contributed by atoms with E-state index in [2.05, 4.69) is 17.3 Å². The van der Waals surface area contributed by atoms with Gasteiger partial charge in [0.15, 0.2) is 18.1 Å². The number of fused-ring (bicyclic) bond motifs is 5. The van der Waals surface area contributed by atoms with E-state index in [-0.39, 0.29) is 48.0 Å². The Labute approximate surface area is 191 Å². The Morgan fingerprint density at radius 2 is 1.79 bits per heavy atom. The van der Waals surface area contributed by atoms with E-state index >= 15 is 0 Å². The summed E-state index contributed by atoms with van der Waals surface area (Å²) in [7, 11) is 0. The van der Waals surface area contributed by atoms with Gasteiger partial charge in [0.25, 0.3) is 17.7 Å². The monoisotopic (exact) mass is 453 g/mol. The maximum absolute atomic E-state index is 12.8. The van der Waals surface area contributed by atoms with Gasteiger partial charge in [-0.05, 0) is 48.9 Å². The fourth-order valence-corrected chi connectivity index (χ4v) is 5.16. The van der Waals surface area contributed by atoms with Gasteiger partial charge in [0.2, 0.25) is 0 Å². The Bertz CT molecular complexity index is 985. The summed E-state index contributed by atoms with van der Waals surface area (Å²) in [5, 5.41) is 5.23. The molecule has 9 heteroatoms. The van der Waals surface area contributed by atoms with Crippen LogP contribution < -0.4 is 9.47 Å². The van der Waals surface area contributed by atoms with Gasteiger partial charge >= 0.3 is 0 Å². The van der Waals surface area contributed by atoms with Gasteiger partial charge in [-0.1, -0.05) is 12.2 Å². The van der Waals surface area contributed by atoms with Crippen LogP contribution in [-0.4, -0.2) is 73.4 Å². The number of nitrogens with zero attached hydrogens (tertiary/aromatic N) is 3. The molecule has 3 amide bonds. The van der Waals surface area contributed by atoms with Gasteiger partial charge in [0.05, 0.1) is 37.9 Å². The lowest BCUT2D eigenvalue weighted by Gasteiger charge is -2.26. The topological polar surface area (TPSA) is 97.7 Å². The Morgan fingerprint density at radius 3 is 2.45 bits per heavy atom. The number of imide groups is 1. The van der Waals surface area contributed by atoms with Crippen LogP contribution in [0.25, 0.3) is 0 Å². The van der Waals surface area contributed by atoms with Crippen molar-refractivity contribution in [2.45, 2.75) is 13.3 Å². The predicted molar refractivity (Wildman–Crippen MR) is 118 cm³/mol. The highest BCUT2D eigenvalue weighted by Crippen LogP contribution is 2.52. The first-order chi connectivity index (χ1) is 16.1. The number of morpholine rings is 1. The number of amides is 3. The Morgan fingerprint density at radius 1 is 1.09 bits per heavy atom. The van der Waals surface area contributed by atoms with Gasteiger partial charge in [-0.2, -0.15) is 10.1 Å². The molecule has 2 aliphatic heterocycles. The van der Waals surface area contributed by atoms with Crippen molar-refractivity contribution < 1.29 is 28.6 Å². The number of ether oxygens (including phenoxy) is 3. The first kappa shape index (κ1) is 21.6. The van der Waals surface area contributed by atoms with Crippen LogP contribution in [0.3, 0.4) is 0 Å². The van der Waals surface area contributed by atoms with E-state index in [0.717, 1.165) is 11.4 Å². The largest absolute Gasteiger partial charge is 0.490 e.